The summed E-state index contributed by atoms with van der Waals surface area (Å²) in [6.07, 6.45) is 4.39. The largest absolute Gasteiger partial charge is 0.359 e. The molecular formula is C20H22ClN5O3S. The minimum Gasteiger partial charge on any atom is -0.359 e. The zero-order chi connectivity index (χ0) is 21.5. The third-order valence-electron chi connectivity index (χ3n) is 5.51. The molecule has 1 atom stereocenters. The van der Waals surface area contributed by atoms with E-state index in [-0.39, 0.29) is 39.4 Å². The van der Waals surface area contributed by atoms with E-state index in [4.69, 9.17) is 11.6 Å². The van der Waals surface area contributed by atoms with E-state index in [2.05, 4.69) is 20.3 Å². The maximum absolute atomic E-state index is 13.2. The molecule has 3 aromatic rings. The number of aromatic nitrogens is 4. The van der Waals surface area contributed by atoms with Gasteiger partial charge in [0.2, 0.25) is 5.28 Å². The van der Waals surface area contributed by atoms with Gasteiger partial charge in [-0.2, -0.15) is 4.98 Å². The van der Waals surface area contributed by atoms with E-state index in [0.29, 0.717) is 11.2 Å². The first-order chi connectivity index (χ1) is 14.3. The lowest BCUT2D eigenvalue weighted by atomic mass is 9.93. The molecule has 8 nitrogen and oxygen atoms in total. The highest BCUT2D eigenvalue weighted by Crippen LogP contribution is 2.32. The van der Waals surface area contributed by atoms with Crippen molar-refractivity contribution in [2.75, 3.05) is 11.1 Å². The van der Waals surface area contributed by atoms with Crippen LogP contribution in [0.3, 0.4) is 0 Å². The van der Waals surface area contributed by atoms with Crippen molar-refractivity contribution in [3.63, 3.8) is 0 Å². The second-order valence-corrected chi connectivity index (χ2v) is 10.0. The topological polar surface area (TPSA) is 107 Å². The molecule has 1 aromatic carbocycles. The molecule has 4 rings (SSSR count). The van der Waals surface area contributed by atoms with Gasteiger partial charge in [-0.15, -0.1) is 0 Å². The molecule has 10 heteroatoms. The number of nitrogens with one attached hydrogen (secondary N) is 1. The van der Waals surface area contributed by atoms with Gasteiger partial charge in [-0.3, -0.25) is 9.36 Å². The van der Waals surface area contributed by atoms with Crippen LogP contribution < -0.4 is 10.9 Å². The van der Waals surface area contributed by atoms with E-state index < -0.39 is 9.84 Å². The summed E-state index contributed by atoms with van der Waals surface area (Å²) in [7, 11) is -3.26. The summed E-state index contributed by atoms with van der Waals surface area (Å²) in [5.41, 5.74) is 1.52. The van der Waals surface area contributed by atoms with Crippen LogP contribution in [0, 0.1) is 0 Å². The number of nitrogens with zero attached hydrogens (tertiary/aromatic N) is 4. The lowest BCUT2D eigenvalue weighted by Gasteiger charge is -2.29. The Morgan fingerprint density at radius 1 is 1.23 bits per heavy atom. The monoisotopic (exact) mass is 447 g/mol. The van der Waals surface area contributed by atoms with Gasteiger partial charge in [-0.05, 0) is 55.5 Å². The van der Waals surface area contributed by atoms with Gasteiger partial charge < -0.3 is 5.32 Å². The van der Waals surface area contributed by atoms with Gasteiger partial charge in [-0.25, -0.2) is 18.4 Å². The third kappa shape index (κ3) is 3.79. The van der Waals surface area contributed by atoms with Crippen LogP contribution in [0.4, 0.5) is 5.82 Å². The van der Waals surface area contributed by atoms with E-state index in [1.165, 1.54) is 6.20 Å². The number of halogens is 1. The first-order valence-electron chi connectivity index (χ1n) is 9.84. The summed E-state index contributed by atoms with van der Waals surface area (Å²) in [5.74, 6) is 0.256. The zero-order valence-electron chi connectivity index (χ0n) is 16.7. The van der Waals surface area contributed by atoms with E-state index in [1.807, 2.05) is 6.92 Å². The zero-order valence-corrected chi connectivity index (χ0v) is 18.2. The van der Waals surface area contributed by atoms with Crippen LogP contribution in [0.5, 0.6) is 0 Å². The lowest BCUT2D eigenvalue weighted by molar-refractivity contribution is 0.313. The SMILES string of the molecule is CCS(=O)(=O)c1ccc([C@H](C)Nc2nc3cnc(Cl)nc3n(C3CCC3)c2=O)cc1. The fraction of sp³-hybridized carbons (Fsp3) is 0.400. The fourth-order valence-electron chi connectivity index (χ4n) is 3.48. The Kier molecular flexibility index (Phi) is 5.50. The van der Waals surface area contributed by atoms with Crippen molar-refractivity contribution in [3.8, 4) is 0 Å². The van der Waals surface area contributed by atoms with Gasteiger partial charge in [0, 0.05) is 6.04 Å². The molecule has 2 heterocycles. The van der Waals surface area contributed by atoms with Gasteiger partial charge in [0.25, 0.3) is 5.56 Å². The Hall–Kier alpha value is -2.52. The molecule has 0 spiro atoms. The highest BCUT2D eigenvalue weighted by atomic mass is 35.5. The quantitative estimate of drug-likeness (QED) is 0.576. The Morgan fingerprint density at radius 3 is 2.53 bits per heavy atom. The minimum atomic E-state index is -3.26. The van der Waals surface area contributed by atoms with Crippen LogP contribution in [0.1, 0.15) is 50.8 Å². The molecule has 0 bridgehead atoms. The maximum Gasteiger partial charge on any atom is 0.295 e. The van der Waals surface area contributed by atoms with Crippen LogP contribution in [0.15, 0.2) is 40.2 Å². The summed E-state index contributed by atoms with van der Waals surface area (Å²) in [4.78, 5) is 26.1. The van der Waals surface area contributed by atoms with E-state index in [1.54, 1.807) is 35.8 Å². The van der Waals surface area contributed by atoms with Crippen LogP contribution in [0.25, 0.3) is 11.2 Å². The molecule has 2 aromatic heterocycles. The number of hydrogen-bond acceptors (Lipinski definition) is 7. The maximum atomic E-state index is 13.2. The standard InChI is InChI=1S/C20H22ClN5O3S/c1-3-30(28,29)15-9-7-13(8-10-15)12(2)23-17-19(27)26(14-5-4-6-14)18-16(24-17)11-22-20(21)25-18/h7-12,14H,3-6H2,1-2H3,(H,23,24)/t12-/m0/s1. The molecule has 0 aliphatic heterocycles. The van der Waals surface area contributed by atoms with Gasteiger partial charge in [-0.1, -0.05) is 19.1 Å². The molecular weight excluding hydrogens is 426 g/mol. The molecule has 1 N–H and O–H groups in total. The number of benzene rings is 1. The predicted octanol–water partition coefficient (Wildman–Crippen LogP) is 3.53. The number of anilines is 1. The first kappa shape index (κ1) is 20.7. The molecule has 0 radical (unpaired) electrons. The summed E-state index contributed by atoms with van der Waals surface area (Å²) in [6, 6.07) is 6.47. The predicted molar refractivity (Wildman–Crippen MR) is 116 cm³/mol. The molecule has 1 aliphatic carbocycles. The third-order valence-corrected chi connectivity index (χ3v) is 7.45. The normalized spacial score (nSPS) is 15.7. The summed E-state index contributed by atoms with van der Waals surface area (Å²) in [5, 5.41) is 3.24. The van der Waals surface area contributed by atoms with Crippen LogP contribution in [-0.4, -0.2) is 33.7 Å². The van der Waals surface area contributed by atoms with Gasteiger partial charge >= 0.3 is 0 Å². The van der Waals surface area contributed by atoms with E-state index >= 15 is 0 Å². The van der Waals surface area contributed by atoms with Crippen LogP contribution in [-0.2, 0) is 9.84 Å². The van der Waals surface area contributed by atoms with E-state index in [9.17, 15) is 13.2 Å². The molecule has 158 valence electrons. The molecule has 0 saturated heterocycles. The minimum absolute atomic E-state index is 0.0496. The molecule has 0 amide bonds. The Labute approximate surface area is 179 Å². The second-order valence-electron chi connectivity index (χ2n) is 7.41. The van der Waals surface area contributed by atoms with Crippen molar-refractivity contribution in [1.82, 2.24) is 19.5 Å². The Balaban J connectivity index is 1.69. The molecule has 30 heavy (non-hydrogen) atoms. The first-order valence-corrected chi connectivity index (χ1v) is 11.9. The van der Waals surface area contributed by atoms with Crippen molar-refractivity contribution in [1.29, 1.82) is 0 Å². The highest BCUT2D eigenvalue weighted by molar-refractivity contribution is 7.91. The van der Waals surface area contributed by atoms with Crippen molar-refractivity contribution >= 4 is 38.4 Å². The second kappa shape index (κ2) is 7.96. The number of fused-ring (bicyclic) bond motifs is 1. The van der Waals surface area contributed by atoms with E-state index in [0.717, 1.165) is 24.8 Å². The summed E-state index contributed by atoms with van der Waals surface area (Å²) < 4.78 is 25.7. The van der Waals surface area contributed by atoms with Crippen molar-refractivity contribution in [2.24, 2.45) is 0 Å². The van der Waals surface area contributed by atoms with Crippen molar-refractivity contribution < 1.29 is 8.42 Å². The smallest absolute Gasteiger partial charge is 0.295 e. The number of hydrogen-bond donors (Lipinski definition) is 1. The van der Waals surface area contributed by atoms with Crippen molar-refractivity contribution in [3.05, 3.63) is 51.7 Å². The van der Waals surface area contributed by atoms with Gasteiger partial charge in [0.15, 0.2) is 21.3 Å². The Morgan fingerprint density at radius 2 is 1.93 bits per heavy atom. The Bertz CT molecular complexity index is 1250. The van der Waals surface area contributed by atoms with Crippen molar-refractivity contribution in [2.45, 2.75) is 50.1 Å². The van der Waals surface area contributed by atoms with Gasteiger partial charge in [0.1, 0.15) is 5.52 Å². The average molecular weight is 448 g/mol. The summed E-state index contributed by atoms with van der Waals surface area (Å²) >= 11 is 5.94. The number of rotatable bonds is 6. The molecule has 0 unspecified atom stereocenters. The fourth-order valence-corrected chi connectivity index (χ4v) is 4.49. The van der Waals surface area contributed by atoms with Gasteiger partial charge in [0.05, 0.1) is 22.9 Å². The lowest BCUT2D eigenvalue weighted by Crippen LogP contribution is -2.32. The highest BCUT2D eigenvalue weighted by Gasteiger charge is 2.26. The molecule has 1 aliphatic rings. The molecule has 1 saturated carbocycles. The summed E-state index contributed by atoms with van der Waals surface area (Å²) in [6.45, 7) is 3.50. The van der Waals surface area contributed by atoms with Crippen LogP contribution >= 0.6 is 11.6 Å². The average Bonchev–Trinajstić information content (AvgIpc) is 2.70. The number of sulfone groups is 1. The molecule has 1 fully saturated rings. The van der Waals surface area contributed by atoms with Crippen LogP contribution in [0.2, 0.25) is 5.28 Å².